The minimum Gasteiger partial charge on any atom is -0.479 e. The molecule has 1 saturated heterocycles. The van der Waals surface area contributed by atoms with Gasteiger partial charge in [-0.2, -0.15) is 9.61 Å². The summed E-state index contributed by atoms with van der Waals surface area (Å²) in [5.41, 5.74) is 4.10. The molecule has 0 aliphatic carbocycles. The lowest BCUT2D eigenvalue weighted by Gasteiger charge is -2.41. The van der Waals surface area contributed by atoms with Crippen molar-refractivity contribution in [3.8, 4) is 10.7 Å². The molecule has 3 aliphatic heterocycles. The summed E-state index contributed by atoms with van der Waals surface area (Å²) >= 11 is 1.62. The van der Waals surface area contributed by atoms with Gasteiger partial charge in [0.1, 0.15) is 16.5 Å². The summed E-state index contributed by atoms with van der Waals surface area (Å²) in [6, 6.07) is 10.5. The third-order valence-electron chi connectivity index (χ3n) is 8.17. The first-order chi connectivity index (χ1) is 20.5. The zero-order valence-corrected chi connectivity index (χ0v) is 26.3. The Hall–Kier alpha value is -3.60. The Kier molecular flexibility index (Phi) is 7.87. The Balaban J connectivity index is 1.50. The SMILES string of the molecule is Cc1nc2cc3nn2c(c1C(OC(C)(C)C)C(=O)O)N1CCC(C)(CC1)OCC=CCc1ccccc1Cc1cnc-3s1. The number of piperidine rings is 1. The van der Waals surface area contributed by atoms with Gasteiger partial charge in [-0.3, -0.25) is 0 Å². The Morgan fingerprint density at radius 3 is 2.63 bits per heavy atom. The Bertz CT molecular complexity index is 1680. The molecule has 0 saturated carbocycles. The average Bonchev–Trinajstić information content (AvgIpc) is 3.58. The average molecular weight is 602 g/mol. The zero-order chi connectivity index (χ0) is 30.4. The summed E-state index contributed by atoms with van der Waals surface area (Å²) in [4.78, 5) is 25.7. The van der Waals surface area contributed by atoms with Crippen LogP contribution < -0.4 is 4.90 Å². The lowest BCUT2D eigenvalue weighted by Crippen LogP contribution is -2.45. The molecule has 0 spiro atoms. The third kappa shape index (κ3) is 6.23. The van der Waals surface area contributed by atoms with Crippen molar-refractivity contribution in [2.45, 2.75) is 77.6 Å². The van der Waals surface area contributed by atoms with Crippen LogP contribution in [0.15, 0.2) is 48.7 Å². The van der Waals surface area contributed by atoms with Crippen LogP contribution in [0, 0.1) is 6.92 Å². The van der Waals surface area contributed by atoms with Crippen LogP contribution in [0.4, 0.5) is 5.82 Å². The fourth-order valence-corrected chi connectivity index (χ4v) is 6.80. The van der Waals surface area contributed by atoms with Crippen molar-refractivity contribution >= 4 is 28.8 Å². The van der Waals surface area contributed by atoms with Gasteiger partial charge in [0, 0.05) is 42.3 Å². The third-order valence-corrected chi connectivity index (χ3v) is 9.19. The van der Waals surface area contributed by atoms with Crippen LogP contribution in [0.1, 0.15) is 73.9 Å². The van der Waals surface area contributed by atoms with Gasteiger partial charge < -0.3 is 19.5 Å². The molecule has 1 aromatic carbocycles. The van der Waals surface area contributed by atoms with E-state index in [2.05, 4.69) is 48.2 Å². The van der Waals surface area contributed by atoms with Gasteiger partial charge in [-0.15, -0.1) is 11.3 Å². The highest BCUT2D eigenvalue weighted by atomic mass is 32.1. The predicted molar refractivity (Wildman–Crippen MR) is 168 cm³/mol. The molecule has 1 N–H and O–H groups in total. The number of aliphatic carboxylic acids is 1. The maximum absolute atomic E-state index is 12.7. The maximum Gasteiger partial charge on any atom is 0.337 e. The Morgan fingerprint density at radius 1 is 1.16 bits per heavy atom. The molecule has 6 bridgehead atoms. The van der Waals surface area contributed by atoms with Crippen LogP contribution in [-0.2, 0) is 27.1 Å². The summed E-state index contributed by atoms with van der Waals surface area (Å²) in [6.45, 7) is 11.5. The van der Waals surface area contributed by atoms with Crippen molar-refractivity contribution in [3.63, 3.8) is 0 Å². The molecule has 6 heterocycles. The molecule has 7 rings (SSSR count). The molecule has 1 atom stereocenters. The van der Waals surface area contributed by atoms with Crippen molar-refractivity contribution in [1.29, 1.82) is 0 Å². The molecule has 226 valence electrons. The number of nitrogens with zero attached hydrogens (tertiary/aromatic N) is 5. The molecule has 1 unspecified atom stereocenters. The monoisotopic (exact) mass is 601 g/mol. The van der Waals surface area contributed by atoms with Crippen molar-refractivity contribution < 1.29 is 19.4 Å². The summed E-state index contributed by atoms with van der Waals surface area (Å²) < 4.78 is 14.4. The number of aryl methyl sites for hydroxylation is 1. The molecular weight excluding hydrogens is 562 g/mol. The summed E-state index contributed by atoms with van der Waals surface area (Å²) in [7, 11) is 0. The first-order valence-corrected chi connectivity index (χ1v) is 15.7. The van der Waals surface area contributed by atoms with E-state index in [4.69, 9.17) is 24.5 Å². The molecule has 0 radical (unpaired) electrons. The highest BCUT2D eigenvalue weighted by Gasteiger charge is 2.37. The second kappa shape index (κ2) is 11.5. The van der Waals surface area contributed by atoms with Gasteiger partial charge in [0.15, 0.2) is 11.8 Å². The fraction of sp³-hybridized carbons (Fsp3) is 0.455. The van der Waals surface area contributed by atoms with Gasteiger partial charge in [0.05, 0.1) is 23.4 Å². The van der Waals surface area contributed by atoms with Crippen molar-refractivity contribution in [2.24, 2.45) is 0 Å². The van der Waals surface area contributed by atoms with E-state index in [1.807, 2.05) is 40.0 Å². The minimum atomic E-state index is -1.21. The van der Waals surface area contributed by atoms with Gasteiger partial charge in [-0.05, 0) is 65.0 Å². The number of rotatable bonds is 3. The number of fused-ring (bicyclic) bond motifs is 5. The van der Waals surface area contributed by atoms with Crippen LogP contribution in [0.5, 0.6) is 0 Å². The lowest BCUT2D eigenvalue weighted by atomic mass is 9.92. The number of benzene rings is 1. The summed E-state index contributed by atoms with van der Waals surface area (Å²) in [6.07, 6.45) is 8.24. The topological polar surface area (TPSA) is 102 Å². The molecule has 0 amide bonds. The molecule has 10 heteroatoms. The standard InChI is InChI=1S/C33H39N5O4S/c1-21-27(28(31(39)40)42-32(2,3)4)30-37-15-13-33(5,14-16-37)41-17-9-8-11-22-10-6-7-12-23(22)18-24-20-34-29(43-24)25-19-26(35-21)38(30)36-25/h6-10,12,19-20,28H,11,13-18H2,1-5H3,(H,39,40). The van der Waals surface area contributed by atoms with E-state index in [1.165, 1.54) is 11.1 Å². The molecule has 3 aliphatic rings. The van der Waals surface area contributed by atoms with E-state index >= 15 is 0 Å². The largest absolute Gasteiger partial charge is 0.479 e. The van der Waals surface area contributed by atoms with E-state index in [0.717, 1.165) is 35.6 Å². The van der Waals surface area contributed by atoms with E-state index < -0.39 is 17.7 Å². The zero-order valence-electron chi connectivity index (χ0n) is 25.5. The van der Waals surface area contributed by atoms with Crippen LogP contribution in [-0.4, -0.2) is 61.6 Å². The highest BCUT2D eigenvalue weighted by Crippen LogP contribution is 2.38. The maximum atomic E-state index is 12.7. The summed E-state index contributed by atoms with van der Waals surface area (Å²) in [5.74, 6) is -0.351. The van der Waals surface area contributed by atoms with Crippen molar-refractivity contribution in [1.82, 2.24) is 19.6 Å². The number of carboxylic acids is 1. The highest BCUT2D eigenvalue weighted by molar-refractivity contribution is 7.15. The van der Waals surface area contributed by atoms with Crippen LogP contribution in [0.2, 0.25) is 0 Å². The van der Waals surface area contributed by atoms with Gasteiger partial charge in [-0.1, -0.05) is 36.4 Å². The van der Waals surface area contributed by atoms with Gasteiger partial charge in [0.2, 0.25) is 0 Å². The van der Waals surface area contributed by atoms with Crippen LogP contribution >= 0.6 is 11.3 Å². The first-order valence-electron chi connectivity index (χ1n) is 14.9. The smallest absolute Gasteiger partial charge is 0.337 e. The molecule has 4 aromatic rings. The number of carboxylic acid groups (broad SMARTS) is 1. The number of thiazole rings is 1. The minimum absolute atomic E-state index is 0.288. The Morgan fingerprint density at radius 2 is 1.91 bits per heavy atom. The van der Waals surface area contributed by atoms with Crippen LogP contribution in [0.3, 0.4) is 0 Å². The van der Waals surface area contributed by atoms with E-state index in [0.29, 0.717) is 48.1 Å². The number of anilines is 1. The predicted octanol–water partition coefficient (Wildman–Crippen LogP) is 6.18. The second-order valence-electron chi connectivity index (χ2n) is 12.7. The first kappa shape index (κ1) is 29.5. The number of hydrogen-bond acceptors (Lipinski definition) is 8. The second-order valence-corrected chi connectivity index (χ2v) is 13.8. The van der Waals surface area contributed by atoms with E-state index in [9.17, 15) is 9.90 Å². The van der Waals surface area contributed by atoms with Crippen molar-refractivity contribution in [2.75, 3.05) is 24.6 Å². The lowest BCUT2D eigenvalue weighted by molar-refractivity contribution is -0.160. The summed E-state index contributed by atoms with van der Waals surface area (Å²) in [5, 5.41) is 16.2. The van der Waals surface area contributed by atoms with E-state index in [-0.39, 0.29) is 5.60 Å². The number of hydrogen-bond donors (Lipinski definition) is 1. The number of carbonyl (C=O) groups is 1. The number of ether oxygens (including phenoxy) is 2. The molecule has 9 nitrogen and oxygen atoms in total. The fourth-order valence-electron chi connectivity index (χ4n) is 5.90. The number of aromatic nitrogens is 4. The molecule has 43 heavy (non-hydrogen) atoms. The molecule has 3 aromatic heterocycles. The van der Waals surface area contributed by atoms with Crippen LogP contribution in [0.25, 0.3) is 16.3 Å². The number of allylic oxidation sites excluding steroid dienone is 1. The Labute approximate surface area is 256 Å². The van der Waals surface area contributed by atoms with Gasteiger partial charge in [-0.25, -0.2) is 14.8 Å². The molecule has 1 fully saturated rings. The van der Waals surface area contributed by atoms with Crippen molar-refractivity contribution in [3.05, 3.63) is 75.9 Å². The van der Waals surface area contributed by atoms with Gasteiger partial charge in [0.25, 0.3) is 0 Å². The quantitative estimate of drug-likeness (QED) is 0.278. The molecular formula is C33H39N5O4S. The van der Waals surface area contributed by atoms with Gasteiger partial charge >= 0.3 is 5.97 Å². The van der Waals surface area contributed by atoms with E-state index in [1.54, 1.807) is 15.9 Å². The normalized spacial score (nSPS) is 17.8.